The van der Waals surface area contributed by atoms with Crippen LogP contribution >= 0.6 is 0 Å². The Balaban J connectivity index is 3.10. The molecule has 0 amide bonds. The number of carbonyl (C=O) groups is 1. The summed E-state index contributed by atoms with van der Waals surface area (Å²) in [7, 11) is 0. The molecule has 0 saturated carbocycles. The molecule has 2 N–H and O–H groups in total. The van der Waals surface area contributed by atoms with E-state index in [4.69, 9.17) is 5.11 Å². The molecule has 0 aromatic heterocycles. The predicted molar refractivity (Wildman–Crippen MR) is 29.2 cm³/mol. The zero-order chi connectivity index (χ0) is 7.28. The van der Waals surface area contributed by atoms with Crippen LogP contribution in [-0.4, -0.2) is 26.4 Å². The van der Waals surface area contributed by atoms with E-state index < -0.39 is 17.2 Å². The lowest BCUT2D eigenvalue weighted by Gasteiger charge is -2.03. The van der Waals surface area contributed by atoms with Crippen LogP contribution in [0, 0.1) is 0 Å². The van der Waals surface area contributed by atoms with Crippen molar-refractivity contribution in [2.24, 2.45) is 0 Å². The van der Waals surface area contributed by atoms with Crippen LogP contribution in [-0.2, 0) is 16.1 Å². The highest BCUT2D eigenvalue weighted by Crippen LogP contribution is 1.74. The standard InChI is InChI=1S/C3H7NO4S/c5-3(6)1-2-4-9(7)8/h4H,1-2H2,(H,5,6)(H,7,8)/p-1. The van der Waals surface area contributed by atoms with Crippen LogP contribution in [0.3, 0.4) is 0 Å². The Bertz CT molecular complexity index is 111. The van der Waals surface area contributed by atoms with Gasteiger partial charge in [-0.1, -0.05) is 0 Å². The number of aliphatic carboxylic acids is 1. The summed E-state index contributed by atoms with van der Waals surface area (Å²) in [5.74, 6) is -1.02. The molecule has 0 aromatic carbocycles. The third kappa shape index (κ3) is 7.54. The van der Waals surface area contributed by atoms with Crippen LogP contribution in [0.2, 0.25) is 0 Å². The lowest BCUT2D eigenvalue weighted by Crippen LogP contribution is -2.19. The first kappa shape index (κ1) is 8.54. The summed E-state index contributed by atoms with van der Waals surface area (Å²) in [6.07, 6.45) is -0.187. The van der Waals surface area contributed by atoms with Gasteiger partial charge in [0, 0.05) is 17.8 Å². The molecule has 6 heteroatoms. The smallest absolute Gasteiger partial charge is 0.304 e. The van der Waals surface area contributed by atoms with E-state index in [1.165, 1.54) is 0 Å². The molecule has 0 aliphatic carbocycles. The van der Waals surface area contributed by atoms with Crippen molar-refractivity contribution in [3.05, 3.63) is 0 Å². The number of nitrogens with one attached hydrogen (secondary N) is 1. The quantitative estimate of drug-likeness (QED) is 0.497. The molecule has 1 atom stereocenters. The summed E-state index contributed by atoms with van der Waals surface area (Å²) < 4.78 is 21.3. The van der Waals surface area contributed by atoms with Crippen molar-refractivity contribution in [3.8, 4) is 0 Å². The molecule has 0 saturated heterocycles. The number of rotatable bonds is 4. The maximum Gasteiger partial charge on any atom is 0.304 e. The highest BCUT2D eigenvalue weighted by atomic mass is 32.2. The number of hydrogen-bond donors (Lipinski definition) is 2. The van der Waals surface area contributed by atoms with Gasteiger partial charge >= 0.3 is 5.97 Å². The van der Waals surface area contributed by atoms with Crippen LogP contribution in [0.25, 0.3) is 0 Å². The molecule has 1 unspecified atom stereocenters. The molecule has 0 bridgehead atoms. The summed E-state index contributed by atoms with van der Waals surface area (Å²) >= 11 is -2.35. The van der Waals surface area contributed by atoms with Crippen molar-refractivity contribution < 1.29 is 18.7 Å². The van der Waals surface area contributed by atoms with E-state index in [1.807, 2.05) is 4.72 Å². The first-order valence-electron chi connectivity index (χ1n) is 2.17. The van der Waals surface area contributed by atoms with E-state index in [2.05, 4.69) is 0 Å². The Labute approximate surface area is 54.5 Å². The molecule has 0 spiro atoms. The second-order valence-electron chi connectivity index (χ2n) is 1.27. The Kier molecular flexibility index (Phi) is 4.20. The molecular formula is C3H6NO4S-. The summed E-state index contributed by atoms with van der Waals surface area (Å²) in [6, 6.07) is 0. The van der Waals surface area contributed by atoms with Gasteiger partial charge in [0.2, 0.25) is 0 Å². The maximum atomic E-state index is 9.74. The summed E-state index contributed by atoms with van der Waals surface area (Å²) in [4.78, 5) is 9.74. The van der Waals surface area contributed by atoms with Gasteiger partial charge in [-0.15, -0.1) is 0 Å². The minimum absolute atomic E-state index is 0.0502. The topological polar surface area (TPSA) is 89.5 Å². The van der Waals surface area contributed by atoms with Gasteiger partial charge in [-0.3, -0.25) is 9.00 Å². The van der Waals surface area contributed by atoms with Crippen LogP contribution in [0.4, 0.5) is 0 Å². The fraction of sp³-hybridized carbons (Fsp3) is 0.667. The average molecular weight is 152 g/mol. The van der Waals surface area contributed by atoms with Crippen molar-refractivity contribution in [1.82, 2.24) is 4.72 Å². The third-order valence-electron chi connectivity index (χ3n) is 0.559. The van der Waals surface area contributed by atoms with Gasteiger partial charge < -0.3 is 9.66 Å². The zero-order valence-corrected chi connectivity index (χ0v) is 5.31. The van der Waals surface area contributed by atoms with Crippen molar-refractivity contribution in [2.75, 3.05) is 6.54 Å². The summed E-state index contributed by atoms with van der Waals surface area (Å²) in [5, 5.41) is 7.99. The Hall–Kier alpha value is -0.460. The van der Waals surface area contributed by atoms with Crippen LogP contribution in [0.5, 0.6) is 0 Å². The molecule has 5 nitrogen and oxygen atoms in total. The van der Waals surface area contributed by atoms with Gasteiger partial charge in [0.25, 0.3) is 0 Å². The molecular weight excluding hydrogens is 146 g/mol. The number of carboxylic acids is 1. The SMILES string of the molecule is O=C(O)CCNS(=O)[O-]. The summed E-state index contributed by atoms with van der Waals surface area (Å²) in [5.41, 5.74) is 0. The van der Waals surface area contributed by atoms with E-state index in [-0.39, 0.29) is 13.0 Å². The first-order chi connectivity index (χ1) is 4.13. The maximum absolute atomic E-state index is 9.74. The van der Waals surface area contributed by atoms with E-state index in [1.54, 1.807) is 0 Å². The molecule has 0 aliphatic heterocycles. The molecule has 9 heavy (non-hydrogen) atoms. The van der Waals surface area contributed by atoms with Gasteiger partial charge in [-0.05, 0) is 0 Å². The molecule has 0 heterocycles. The second-order valence-corrected chi connectivity index (χ2v) is 2.03. The fourth-order valence-corrected chi connectivity index (χ4v) is 0.510. The van der Waals surface area contributed by atoms with E-state index >= 15 is 0 Å². The Morgan fingerprint density at radius 2 is 2.33 bits per heavy atom. The molecule has 0 radical (unpaired) electrons. The highest BCUT2D eigenvalue weighted by Gasteiger charge is 1.93. The largest absolute Gasteiger partial charge is 0.760 e. The van der Waals surface area contributed by atoms with Crippen LogP contribution in [0.15, 0.2) is 0 Å². The van der Waals surface area contributed by atoms with Gasteiger partial charge in [0.1, 0.15) is 0 Å². The third-order valence-corrected chi connectivity index (χ3v) is 0.999. The number of hydrogen-bond acceptors (Lipinski definition) is 3. The molecule has 0 aromatic rings. The average Bonchev–Trinajstić information content (AvgIpc) is 1.63. The first-order valence-corrected chi connectivity index (χ1v) is 3.25. The number of carboxylic acid groups (broad SMARTS) is 1. The van der Waals surface area contributed by atoms with Gasteiger partial charge in [-0.2, -0.15) is 0 Å². The van der Waals surface area contributed by atoms with Crippen molar-refractivity contribution in [1.29, 1.82) is 0 Å². The van der Waals surface area contributed by atoms with Crippen molar-refractivity contribution in [2.45, 2.75) is 6.42 Å². The zero-order valence-electron chi connectivity index (χ0n) is 4.49. The van der Waals surface area contributed by atoms with Gasteiger partial charge in [-0.25, -0.2) is 4.72 Å². The monoisotopic (exact) mass is 152 g/mol. The van der Waals surface area contributed by atoms with Crippen molar-refractivity contribution in [3.63, 3.8) is 0 Å². The second kappa shape index (κ2) is 4.42. The Morgan fingerprint density at radius 1 is 1.78 bits per heavy atom. The fourth-order valence-electron chi connectivity index (χ4n) is 0.241. The molecule has 0 aliphatic rings. The van der Waals surface area contributed by atoms with E-state index in [0.29, 0.717) is 0 Å². The van der Waals surface area contributed by atoms with Crippen LogP contribution in [0.1, 0.15) is 6.42 Å². The Morgan fingerprint density at radius 3 is 2.67 bits per heavy atom. The molecule has 0 rings (SSSR count). The molecule has 0 fully saturated rings. The molecule has 54 valence electrons. The van der Waals surface area contributed by atoms with E-state index in [9.17, 15) is 13.6 Å². The highest BCUT2D eigenvalue weighted by molar-refractivity contribution is 7.77. The minimum Gasteiger partial charge on any atom is -0.760 e. The van der Waals surface area contributed by atoms with Crippen LogP contribution < -0.4 is 4.72 Å². The minimum atomic E-state index is -2.35. The van der Waals surface area contributed by atoms with E-state index in [0.717, 1.165) is 0 Å². The van der Waals surface area contributed by atoms with Crippen molar-refractivity contribution >= 4 is 17.2 Å². The predicted octanol–water partition coefficient (Wildman–Crippen LogP) is -1.16. The summed E-state index contributed by atoms with van der Waals surface area (Å²) in [6.45, 7) is -0.0502. The normalized spacial score (nSPS) is 13.0. The van der Waals surface area contributed by atoms with Gasteiger partial charge in [0.05, 0.1) is 6.42 Å². The lowest BCUT2D eigenvalue weighted by molar-refractivity contribution is -0.136. The lowest BCUT2D eigenvalue weighted by atomic mass is 10.5. The van der Waals surface area contributed by atoms with Gasteiger partial charge in [0.15, 0.2) is 0 Å².